The first-order valence-corrected chi connectivity index (χ1v) is 7.36. The van der Waals surface area contributed by atoms with Crippen LogP contribution in [0.4, 0.5) is 17.1 Å². The van der Waals surface area contributed by atoms with Gasteiger partial charge < -0.3 is 10.2 Å². The number of nitrogens with one attached hydrogen (secondary N) is 1. The van der Waals surface area contributed by atoms with E-state index in [4.69, 9.17) is 0 Å². The van der Waals surface area contributed by atoms with Crippen molar-refractivity contribution in [1.82, 2.24) is 0 Å². The molecule has 1 N–H and O–H groups in total. The van der Waals surface area contributed by atoms with Gasteiger partial charge in [0.05, 0.1) is 4.92 Å². The Hall–Kier alpha value is -1.78. The summed E-state index contributed by atoms with van der Waals surface area (Å²) in [6.07, 6.45) is 5.06. The van der Waals surface area contributed by atoms with Gasteiger partial charge in [0.1, 0.15) is 11.4 Å². The summed E-state index contributed by atoms with van der Waals surface area (Å²) in [4.78, 5) is 13.2. The average molecular weight is 277 g/mol. The van der Waals surface area contributed by atoms with Gasteiger partial charge in [-0.15, -0.1) is 0 Å². The van der Waals surface area contributed by atoms with Gasteiger partial charge in [-0.25, -0.2) is 0 Å². The third-order valence-corrected chi connectivity index (χ3v) is 3.98. The highest BCUT2D eigenvalue weighted by Gasteiger charge is 2.24. The highest BCUT2D eigenvalue weighted by Crippen LogP contribution is 2.36. The van der Waals surface area contributed by atoms with Crippen LogP contribution in [0.15, 0.2) is 18.2 Å². The monoisotopic (exact) mass is 277 g/mol. The quantitative estimate of drug-likeness (QED) is 0.637. The molecule has 1 saturated carbocycles. The maximum Gasteiger partial charge on any atom is 0.315 e. The summed E-state index contributed by atoms with van der Waals surface area (Å²) in [5.74, 6) is 0.669. The number of hydrogen-bond acceptors (Lipinski definition) is 4. The lowest BCUT2D eigenvalue weighted by Gasteiger charge is -2.23. The molecule has 0 spiro atoms. The number of anilines is 2. The van der Waals surface area contributed by atoms with E-state index in [-0.39, 0.29) is 10.6 Å². The Morgan fingerprint density at radius 1 is 1.40 bits per heavy atom. The predicted octanol–water partition coefficient (Wildman–Crippen LogP) is 3.65. The summed E-state index contributed by atoms with van der Waals surface area (Å²) in [5, 5.41) is 14.5. The standard InChI is InChI=1S/C15H23N3O2/c1-3-16-13-9-6-10-14(15(13)18(19)20)17(2)11-12-7-4-5-8-12/h6,9-10,12,16H,3-5,7-8,11H2,1-2H3. The summed E-state index contributed by atoms with van der Waals surface area (Å²) >= 11 is 0. The summed E-state index contributed by atoms with van der Waals surface area (Å²) < 4.78 is 0. The van der Waals surface area contributed by atoms with E-state index in [1.165, 1.54) is 25.7 Å². The first-order valence-electron chi connectivity index (χ1n) is 7.36. The zero-order valence-electron chi connectivity index (χ0n) is 12.3. The van der Waals surface area contributed by atoms with Crippen molar-refractivity contribution in [2.45, 2.75) is 32.6 Å². The van der Waals surface area contributed by atoms with Crippen molar-refractivity contribution < 1.29 is 4.92 Å². The van der Waals surface area contributed by atoms with Crippen molar-refractivity contribution in [3.8, 4) is 0 Å². The fourth-order valence-electron chi connectivity index (χ4n) is 3.04. The zero-order chi connectivity index (χ0) is 14.5. The third kappa shape index (κ3) is 3.21. The minimum Gasteiger partial charge on any atom is -0.380 e. The molecule has 5 nitrogen and oxygen atoms in total. The van der Waals surface area contributed by atoms with Crippen LogP contribution in [0, 0.1) is 16.0 Å². The first-order chi connectivity index (χ1) is 9.63. The molecule has 0 bridgehead atoms. The van der Waals surface area contributed by atoms with Gasteiger partial charge >= 0.3 is 5.69 Å². The molecule has 1 fully saturated rings. The molecule has 0 unspecified atom stereocenters. The molecule has 0 aliphatic heterocycles. The molecule has 0 radical (unpaired) electrons. The van der Waals surface area contributed by atoms with Crippen molar-refractivity contribution in [2.24, 2.45) is 5.92 Å². The third-order valence-electron chi connectivity index (χ3n) is 3.98. The van der Waals surface area contributed by atoms with Gasteiger partial charge in [0.25, 0.3) is 0 Å². The van der Waals surface area contributed by atoms with Gasteiger partial charge in [0, 0.05) is 20.1 Å². The molecule has 0 amide bonds. The minimum atomic E-state index is -0.279. The number of nitrogens with zero attached hydrogens (tertiary/aromatic N) is 2. The summed E-state index contributed by atoms with van der Waals surface area (Å²) in [6.45, 7) is 3.52. The van der Waals surface area contributed by atoms with Crippen LogP contribution in [0.1, 0.15) is 32.6 Å². The summed E-state index contributed by atoms with van der Waals surface area (Å²) in [7, 11) is 1.95. The van der Waals surface area contributed by atoms with E-state index in [0.29, 0.717) is 23.8 Å². The van der Waals surface area contributed by atoms with Crippen LogP contribution in [-0.2, 0) is 0 Å². The predicted molar refractivity (Wildman–Crippen MR) is 82.5 cm³/mol. The van der Waals surface area contributed by atoms with Crippen LogP contribution in [-0.4, -0.2) is 25.1 Å². The molecule has 1 aliphatic carbocycles. The van der Waals surface area contributed by atoms with E-state index in [1.54, 1.807) is 6.07 Å². The molecular formula is C15H23N3O2. The lowest BCUT2D eigenvalue weighted by molar-refractivity contribution is -0.383. The van der Waals surface area contributed by atoms with E-state index in [2.05, 4.69) is 5.32 Å². The molecule has 2 rings (SSSR count). The molecule has 0 atom stereocenters. The van der Waals surface area contributed by atoms with E-state index in [1.807, 2.05) is 31.0 Å². The fraction of sp³-hybridized carbons (Fsp3) is 0.600. The first kappa shape index (κ1) is 14.6. The molecule has 5 heteroatoms. The van der Waals surface area contributed by atoms with Crippen molar-refractivity contribution in [2.75, 3.05) is 30.4 Å². The number of hydrogen-bond donors (Lipinski definition) is 1. The van der Waals surface area contributed by atoms with Crippen molar-refractivity contribution in [3.63, 3.8) is 0 Å². The van der Waals surface area contributed by atoms with Gasteiger partial charge in [-0.05, 0) is 37.8 Å². The molecule has 0 heterocycles. The largest absolute Gasteiger partial charge is 0.380 e. The number of para-hydroxylation sites is 1. The van der Waals surface area contributed by atoms with E-state index in [0.717, 1.165) is 6.54 Å². The van der Waals surface area contributed by atoms with E-state index >= 15 is 0 Å². The molecule has 110 valence electrons. The maximum absolute atomic E-state index is 11.4. The van der Waals surface area contributed by atoms with Crippen LogP contribution in [0.3, 0.4) is 0 Å². The molecular weight excluding hydrogens is 254 g/mol. The number of nitro groups is 1. The highest BCUT2D eigenvalue weighted by molar-refractivity contribution is 5.76. The number of nitro benzene ring substituents is 1. The second-order valence-corrected chi connectivity index (χ2v) is 5.49. The van der Waals surface area contributed by atoms with Gasteiger partial charge in [-0.3, -0.25) is 10.1 Å². The fourth-order valence-corrected chi connectivity index (χ4v) is 3.04. The van der Waals surface area contributed by atoms with Crippen molar-refractivity contribution >= 4 is 17.1 Å². The lowest BCUT2D eigenvalue weighted by Crippen LogP contribution is -2.25. The topological polar surface area (TPSA) is 58.4 Å². The Bertz CT molecular complexity index is 470. The van der Waals surface area contributed by atoms with Gasteiger partial charge in [-0.1, -0.05) is 18.9 Å². The summed E-state index contributed by atoms with van der Waals surface area (Å²) in [5.41, 5.74) is 1.50. The molecule has 0 saturated heterocycles. The second kappa shape index (κ2) is 6.59. The molecule has 0 aromatic heterocycles. The minimum absolute atomic E-state index is 0.190. The molecule has 1 aromatic rings. The Morgan fingerprint density at radius 2 is 2.10 bits per heavy atom. The molecule has 1 aromatic carbocycles. The van der Waals surface area contributed by atoms with Crippen LogP contribution >= 0.6 is 0 Å². The highest BCUT2D eigenvalue weighted by atomic mass is 16.6. The normalized spacial score (nSPS) is 15.3. The lowest BCUT2D eigenvalue weighted by atomic mass is 10.1. The number of benzene rings is 1. The van der Waals surface area contributed by atoms with Gasteiger partial charge in [0.2, 0.25) is 0 Å². The SMILES string of the molecule is CCNc1cccc(N(C)CC2CCCC2)c1[N+](=O)[O-]. The average Bonchev–Trinajstić information content (AvgIpc) is 2.91. The molecule has 1 aliphatic rings. The maximum atomic E-state index is 11.4. The Kier molecular flexibility index (Phi) is 4.82. The number of rotatable bonds is 6. The van der Waals surface area contributed by atoms with Gasteiger partial charge in [0.15, 0.2) is 0 Å². The second-order valence-electron chi connectivity index (χ2n) is 5.49. The van der Waals surface area contributed by atoms with Crippen LogP contribution in [0.5, 0.6) is 0 Å². The van der Waals surface area contributed by atoms with Gasteiger partial charge in [-0.2, -0.15) is 0 Å². The summed E-state index contributed by atoms with van der Waals surface area (Å²) in [6, 6.07) is 5.49. The van der Waals surface area contributed by atoms with E-state index < -0.39 is 0 Å². The van der Waals surface area contributed by atoms with Crippen LogP contribution < -0.4 is 10.2 Å². The molecule has 20 heavy (non-hydrogen) atoms. The van der Waals surface area contributed by atoms with Crippen LogP contribution in [0.2, 0.25) is 0 Å². The Balaban J connectivity index is 2.24. The van der Waals surface area contributed by atoms with Crippen LogP contribution in [0.25, 0.3) is 0 Å². The van der Waals surface area contributed by atoms with E-state index in [9.17, 15) is 10.1 Å². The zero-order valence-corrected chi connectivity index (χ0v) is 12.3. The van der Waals surface area contributed by atoms with Crippen molar-refractivity contribution in [3.05, 3.63) is 28.3 Å². The Morgan fingerprint density at radius 3 is 2.70 bits per heavy atom. The smallest absolute Gasteiger partial charge is 0.315 e. The Labute approximate surface area is 120 Å². The van der Waals surface area contributed by atoms with Crippen molar-refractivity contribution in [1.29, 1.82) is 0 Å².